The molecule has 2 unspecified atom stereocenters. The molecule has 27 heavy (non-hydrogen) atoms. The molecule has 0 aliphatic carbocycles. The van der Waals surface area contributed by atoms with E-state index in [9.17, 15) is 13.6 Å². The molecule has 9 heteroatoms. The summed E-state index contributed by atoms with van der Waals surface area (Å²) in [4.78, 5) is 14.8. The number of benzene rings is 1. The Labute approximate surface area is 156 Å². The van der Waals surface area contributed by atoms with Crippen LogP contribution in [0, 0.1) is 6.92 Å². The van der Waals surface area contributed by atoms with Crippen molar-refractivity contribution in [2.75, 3.05) is 6.54 Å². The maximum absolute atomic E-state index is 13.0. The summed E-state index contributed by atoms with van der Waals surface area (Å²) in [5.74, 6) is -0.130. The van der Waals surface area contributed by atoms with Gasteiger partial charge in [0, 0.05) is 18.6 Å². The molecule has 1 saturated heterocycles. The van der Waals surface area contributed by atoms with Crippen molar-refractivity contribution in [3.63, 3.8) is 0 Å². The average molecular weight is 379 g/mol. The molecule has 1 amide bonds. The van der Waals surface area contributed by atoms with Crippen molar-refractivity contribution in [2.24, 2.45) is 5.73 Å². The second-order valence-electron chi connectivity index (χ2n) is 6.73. The van der Waals surface area contributed by atoms with E-state index in [0.29, 0.717) is 17.9 Å². The highest BCUT2D eigenvalue weighted by atomic mass is 19.3. The van der Waals surface area contributed by atoms with Crippen molar-refractivity contribution < 1.29 is 18.3 Å². The molecule has 1 aromatic carbocycles. The van der Waals surface area contributed by atoms with Crippen molar-refractivity contribution in [3.8, 4) is 11.4 Å². The predicted octanol–water partition coefficient (Wildman–Crippen LogP) is 2.52. The topological polar surface area (TPSA) is 86.3 Å². The van der Waals surface area contributed by atoms with Gasteiger partial charge in [0.1, 0.15) is 5.75 Å². The number of hydrogen-bond donors (Lipinski definition) is 1. The molecular weight excluding hydrogens is 356 g/mol. The molecule has 0 bridgehead atoms. The molecule has 2 atom stereocenters. The van der Waals surface area contributed by atoms with Crippen LogP contribution in [-0.4, -0.2) is 51.0 Å². The van der Waals surface area contributed by atoms with Crippen LogP contribution in [0.15, 0.2) is 24.3 Å². The Morgan fingerprint density at radius 3 is 2.63 bits per heavy atom. The van der Waals surface area contributed by atoms with Crippen molar-refractivity contribution in [3.05, 3.63) is 35.7 Å². The van der Waals surface area contributed by atoms with Crippen LogP contribution >= 0.6 is 0 Å². The Balaban J connectivity index is 1.83. The first-order chi connectivity index (χ1) is 12.9. The van der Waals surface area contributed by atoms with Gasteiger partial charge in [-0.15, -0.1) is 5.10 Å². The Morgan fingerprint density at radius 2 is 2.00 bits per heavy atom. The second-order valence-corrected chi connectivity index (χ2v) is 6.73. The van der Waals surface area contributed by atoms with Crippen LogP contribution in [-0.2, 0) is 0 Å². The van der Waals surface area contributed by atoms with Crippen molar-refractivity contribution in [1.82, 2.24) is 19.9 Å². The van der Waals surface area contributed by atoms with E-state index in [2.05, 4.69) is 15.0 Å². The molecule has 146 valence electrons. The Hall–Kier alpha value is -2.55. The van der Waals surface area contributed by atoms with Crippen LogP contribution in [0.2, 0.25) is 0 Å². The molecule has 0 saturated carbocycles. The van der Waals surface area contributed by atoms with Crippen molar-refractivity contribution in [2.45, 2.75) is 51.8 Å². The summed E-state index contributed by atoms with van der Waals surface area (Å²) < 4.78 is 30.4. The standard InChI is InChI=1S/C18H23F2N5O2/c1-11(21)15-5-3-4-10-24(15)17(26)16-12(2)25(23-22-16)13-6-8-14(9-7-13)27-18(19)20/h6-9,11,15,18H,3-5,10,21H2,1-2H3. The third-order valence-corrected chi connectivity index (χ3v) is 4.82. The third kappa shape index (κ3) is 4.08. The van der Waals surface area contributed by atoms with E-state index >= 15 is 0 Å². The molecule has 7 nitrogen and oxygen atoms in total. The molecular formula is C18H23F2N5O2. The highest BCUT2D eigenvalue weighted by Crippen LogP contribution is 2.23. The lowest BCUT2D eigenvalue weighted by molar-refractivity contribution is -0.0498. The van der Waals surface area contributed by atoms with E-state index in [-0.39, 0.29) is 29.4 Å². The summed E-state index contributed by atoms with van der Waals surface area (Å²) in [6, 6.07) is 5.87. The Morgan fingerprint density at radius 1 is 1.30 bits per heavy atom. The number of halogens is 2. The lowest BCUT2D eigenvalue weighted by Gasteiger charge is -2.37. The molecule has 3 rings (SSSR count). The highest BCUT2D eigenvalue weighted by molar-refractivity contribution is 5.93. The Kier molecular flexibility index (Phi) is 5.69. The Bertz CT molecular complexity index is 792. The zero-order valence-electron chi connectivity index (χ0n) is 15.3. The first-order valence-corrected chi connectivity index (χ1v) is 8.92. The maximum Gasteiger partial charge on any atom is 0.387 e. The second kappa shape index (κ2) is 7.99. The van der Waals surface area contributed by atoms with Crippen molar-refractivity contribution in [1.29, 1.82) is 0 Å². The van der Waals surface area contributed by atoms with Gasteiger partial charge in [0.2, 0.25) is 0 Å². The maximum atomic E-state index is 13.0. The lowest BCUT2D eigenvalue weighted by Crippen LogP contribution is -2.51. The van der Waals surface area contributed by atoms with Crippen LogP contribution in [0.4, 0.5) is 8.78 Å². The fraction of sp³-hybridized carbons (Fsp3) is 0.500. The number of ether oxygens (including phenoxy) is 1. The minimum Gasteiger partial charge on any atom is -0.435 e. The summed E-state index contributed by atoms with van der Waals surface area (Å²) in [7, 11) is 0. The number of carbonyl (C=O) groups is 1. The lowest BCUT2D eigenvalue weighted by atomic mass is 9.96. The molecule has 1 aliphatic heterocycles. The predicted molar refractivity (Wildman–Crippen MR) is 95.1 cm³/mol. The minimum atomic E-state index is -2.88. The van der Waals surface area contributed by atoms with E-state index in [1.807, 2.05) is 6.92 Å². The van der Waals surface area contributed by atoms with Gasteiger partial charge in [-0.1, -0.05) is 5.21 Å². The van der Waals surface area contributed by atoms with Crippen LogP contribution in [0.1, 0.15) is 42.4 Å². The molecule has 1 aromatic heterocycles. The number of amides is 1. The number of likely N-dealkylation sites (tertiary alicyclic amines) is 1. The normalized spacial score (nSPS) is 18.6. The molecule has 2 N–H and O–H groups in total. The van der Waals surface area contributed by atoms with Crippen molar-refractivity contribution >= 4 is 5.91 Å². The van der Waals surface area contributed by atoms with Crippen LogP contribution < -0.4 is 10.5 Å². The van der Waals surface area contributed by atoms with Gasteiger partial charge in [0.25, 0.3) is 5.91 Å². The fourth-order valence-corrected chi connectivity index (χ4v) is 3.43. The summed E-state index contributed by atoms with van der Waals surface area (Å²) in [5.41, 5.74) is 7.51. The van der Waals surface area contributed by atoms with Gasteiger partial charge >= 0.3 is 6.61 Å². The van der Waals surface area contributed by atoms with E-state index in [0.717, 1.165) is 19.3 Å². The number of carbonyl (C=O) groups excluding carboxylic acids is 1. The first-order valence-electron chi connectivity index (χ1n) is 8.92. The van der Waals surface area contributed by atoms with E-state index in [1.54, 1.807) is 24.0 Å². The molecule has 1 aliphatic rings. The van der Waals surface area contributed by atoms with Gasteiger partial charge in [-0.2, -0.15) is 8.78 Å². The number of piperidine rings is 1. The number of rotatable bonds is 5. The number of nitrogens with zero attached hydrogens (tertiary/aromatic N) is 4. The van der Waals surface area contributed by atoms with Crippen LogP contribution in [0.25, 0.3) is 5.69 Å². The number of aromatic nitrogens is 3. The zero-order chi connectivity index (χ0) is 19.6. The SMILES string of the molecule is Cc1c(C(=O)N2CCCCC2C(C)N)nnn1-c1ccc(OC(F)F)cc1. The van der Waals surface area contributed by atoms with Crippen LogP contribution in [0.3, 0.4) is 0 Å². The molecule has 0 radical (unpaired) electrons. The summed E-state index contributed by atoms with van der Waals surface area (Å²) in [5, 5.41) is 8.12. The summed E-state index contributed by atoms with van der Waals surface area (Å²) in [6.45, 7) is 1.43. The number of alkyl halides is 2. The van der Waals surface area contributed by atoms with Gasteiger partial charge in [-0.3, -0.25) is 4.79 Å². The van der Waals surface area contributed by atoms with Gasteiger partial charge < -0.3 is 15.4 Å². The van der Waals surface area contributed by atoms with E-state index in [1.165, 1.54) is 16.8 Å². The number of nitrogens with two attached hydrogens (primary N) is 1. The third-order valence-electron chi connectivity index (χ3n) is 4.82. The first kappa shape index (κ1) is 19.2. The molecule has 1 fully saturated rings. The molecule has 0 spiro atoms. The monoisotopic (exact) mass is 379 g/mol. The van der Waals surface area contributed by atoms with Gasteiger partial charge in [-0.25, -0.2) is 4.68 Å². The average Bonchev–Trinajstić information content (AvgIpc) is 3.02. The van der Waals surface area contributed by atoms with Gasteiger partial charge in [0.05, 0.1) is 11.4 Å². The highest BCUT2D eigenvalue weighted by Gasteiger charge is 2.32. The molecule has 2 aromatic rings. The van der Waals surface area contributed by atoms with Crippen LogP contribution in [0.5, 0.6) is 5.75 Å². The quantitative estimate of drug-likeness (QED) is 0.863. The van der Waals surface area contributed by atoms with E-state index in [4.69, 9.17) is 5.73 Å². The largest absolute Gasteiger partial charge is 0.435 e. The van der Waals surface area contributed by atoms with Gasteiger partial charge in [0.15, 0.2) is 5.69 Å². The van der Waals surface area contributed by atoms with E-state index < -0.39 is 6.61 Å². The molecule has 2 heterocycles. The van der Waals surface area contributed by atoms with Gasteiger partial charge in [-0.05, 0) is 57.4 Å². The zero-order valence-corrected chi connectivity index (χ0v) is 15.3. The number of hydrogen-bond acceptors (Lipinski definition) is 5. The summed E-state index contributed by atoms with van der Waals surface area (Å²) in [6.07, 6.45) is 2.87. The summed E-state index contributed by atoms with van der Waals surface area (Å²) >= 11 is 0. The smallest absolute Gasteiger partial charge is 0.387 e. The fourth-order valence-electron chi connectivity index (χ4n) is 3.43. The minimum absolute atomic E-state index is 0.0124.